The van der Waals surface area contributed by atoms with Crippen LogP contribution in [0, 0.1) is 12.7 Å². The summed E-state index contributed by atoms with van der Waals surface area (Å²) < 4.78 is 13.2. The van der Waals surface area contributed by atoms with Gasteiger partial charge < -0.3 is 10.4 Å². The molecule has 3 heteroatoms. The summed E-state index contributed by atoms with van der Waals surface area (Å²) in [4.78, 5) is 0. The summed E-state index contributed by atoms with van der Waals surface area (Å²) in [6.45, 7) is 2.78. The van der Waals surface area contributed by atoms with Crippen LogP contribution < -0.4 is 5.32 Å². The topological polar surface area (TPSA) is 32.3 Å². The van der Waals surface area contributed by atoms with E-state index >= 15 is 0 Å². The van der Waals surface area contributed by atoms with Gasteiger partial charge in [-0.1, -0.05) is 6.07 Å². The molecule has 1 aromatic rings. The van der Waals surface area contributed by atoms with Crippen LogP contribution in [-0.2, 0) is 0 Å². The molecule has 0 radical (unpaired) electrons. The van der Waals surface area contributed by atoms with Crippen molar-refractivity contribution in [2.75, 3.05) is 6.54 Å². The maximum absolute atomic E-state index is 13.2. The van der Waals surface area contributed by atoms with E-state index in [0.29, 0.717) is 5.56 Å². The molecular weight excluding hydrogens is 181 g/mol. The third-order valence-electron chi connectivity index (χ3n) is 2.67. The van der Waals surface area contributed by atoms with Crippen molar-refractivity contribution in [2.24, 2.45) is 0 Å². The second-order valence-corrected chi connectivity index (χ2v) is 3.83. The third-order valence-corrected chi connectivity index (χ3v) is 2.67. The Morgan fingerprint density at radius 1 is 1.50 bits per heavy atom. The van der Waals surface area contributed by atoms with E-state index in [9.17, 15) is 9.50 Å². The molecular formula is C11H14FNO. The van der Waals surface area contributed by atoms with Crippen LogP contribution in [0.2, 0.25) is 0 Å². The third kappa shape index (κ3) is 1.60. The predicted octanol–water partition coefficient (Wildman–Crippen LogP) is 2.26. The van der Waals surface area contributed by atoms with Crippen molar-refractivity contribution in [2.45, 2.75) is 25.8 Å². The Morgan fingerprint density at radius 3 is 2.93 bits per heavy atom. The van der Waals surface area contributed by atoms with Crippen LogP contribution in [0.25, 0.3) is 0 Å². The van der Waals surface area contributed by atoms with E-state index in [1.165, 1.54) is 6.07 Å². The molecule has 1 aliphatic rings. The van der Waals surface area contributed by atoms with Crippen LogP contribution in [-0.4, -0.2) is 11.7 Å². The molecule has 76 valence electrons. The van der Waals surface area contributed by atoms with E-state index in [4.69, 9.17) is 0 Å². The molecule has 0 aromatic heterocycles. The summed E-state index contributed by atoms with van der Waals surface area (Å²) in [6.07, 6.45) is 2.05. The zero-order chi connectivity index (χ0) is 10.1. The van der Waals surface area contributed by atoms with Gasteiger partial charge in [0.1, 0.15) is 0 Å². The normalized spacial score (nSPS) is 21.4. The zero-order valence-electron chi connectivity index (χ0n) is 8.18. The van der Waals surface area contributed by atoms with Crippen molar-refractivity contribution < 1.29 is 9.50 Å². The van der Waals surface area contributed by atoms with Crippen molar-refractivity contribution >= 4 is 0 Å². The number of hydrogen-bond donors (Lipinski definition) is 2. The van der Waals surface area contributed by atoms with Crippen molar-refractivity contribution in [3.05, 3.63) is 29.1 Å². The highest BCUT2D eigenvalue weighted by Gasteiger charge is 2.21. The van der Waals surface area contributed by atoms with E-state index in [-0.39, 0.29) is 11.8 Å². The average Bonchev–Trinajstić information content (AvgIpc) is 2.63. The van der Waals surface area contributed by atoms with Crippen LogP contribution in [0.15, 0.2) is 12.1 Å². The molecule has 1 aromatic carbocycles. The Hall–Kier alpha value is -1.09. The minimum Gasteiger partial charge on any atom is -0.505 e. The number of nitrogens with one attached hydrogen (secondary N) is 1. The van der Waals surface area contributed by atoms with Crippen LogP contribution in [0.5, 0.6) is 5.75 Å². The molecule has 2 nitrogen and oxygen atoms in total. The second kappa shape index (κ2) is 3.58. The molecule has 14 heavy (non-hydrogen) atoms. The Morgan fingerprint density at radius 2 is 2.29 bits per heavy atom. The van der Waals surface area contributed by atoms with E-state index < -0.39 is 5.82 Å². The second-order valence-electron chi connectivity index (χ2n) is 3.83. The number of phenols is 1. The number of aromatic hydroxyl groups is 1. The first-order valence-corrected chi connectivity index (χ1v) is 4.91. The molecule has 0 unspecified atom stereocenters. The van der Waals surface area contributed by atoms with Crippen LogP contribution in [0.4, 0.5) is 4.39 Å². The van der Waals surface area contributed by atoms with E-state index in [1.54, 1.807) is 0 Å². The van der Waals surface area contributed by atoms with Crippen LogP contribution in [0.1, 0.15) is 30.0 Å². The largest absolute Gasteiger partial charge is 0.505 e. The fourth-order valence-electron chi connectivity index (χ4n) is 1.98. The van der Waals surface area contributed by atoms with Gasteiger partial charge in [-0.2, -0.15) is 0 Å². The first kappa shape index (κ1) is 9.46. The van der Waals surface area contributed by atoms with Gasteiger partial charge in [-0.05, 0) is 37.9 Å². The quantitative estimate of drug-likeness (QED) is 0.720. The van der Waals surface area contributed by atoms with Gasteiger partial charge in [-0.25, -0.2) is 4.39 Å². The van der Waals surface area contributed by atoms with Gasteiger partial charge in [0.15, 0.2) is 11.6 Å². The molecule has 1 aliphatic heterocycles. The Labute approximate surface area is 82.8 Å². The van der Waals surface area contributed by atoms with E-state index in [1.807, 2.05) is 13.0 Å². The van der Waals surface area contributed by atoms with E-state index in [0.717, 1.165) is 24.9 Å². The molecule has 1 fully saturated rings. The van der Waals surface area contributed by atoms with Gasteiger partial charge in [-0.15, -0.1) is 0 Å². The number of rotatable bonds is 1. The first-order valence-electron chi connectivity index (χ1n) is 4.91. The Bertz CT molecular complexity index is 345. The Balaban J connectivity index is 2.40. The minimum absolute atomic E-state index is 0.115. The van der Waals surface area contributed by atoms with Gasteiger partial charge >= 0.3 is 0 Å². The molecule has 2 rings (SSSR count). The molecule has 0 saturated carbocycles. The Kier molecular flexibility index (Phi) is 2.42. The molecule has 1 heterocycles. The molecule has 1 atom stereocenters. The average molecular weight is 195 g/mol. The van der Waals surface area contributed by atoms with E-state index in [2.05, 4.69) is 5.32 Å². The zero-order valence-corrected chi connectivity index (χ0v) is 8.18. The van der Waals surface area contributed by atoms with Gasteiger partial charge in [0, 0.05) is 11.6 Å². The van der Waals surface area contributed by atoms with Gasteiger partial charge in [0.2, 0.25) is 0 Å². The van der Waals surface area contributed by atoms with Crippen molar-refractivity contribution in [3.63, 3.8) is 0 Å². The lowest BCUT2D eigenvalue weighted by Crippen LogP contribution is -2.13. The van der Waals surface area contributed by atoms with Crippen LogP contribution in [0.3, 0.4) is 0 Å². The smallest absolute Gasteiger partial charge is 0.165 e. The standard InChI is InChI=1S/C11H14FNO/c1-7-5-8(10-3-2-4-13-10)11(14)9(12)6-7/h5-6,10,13-14H,2-4H2,1H3/t10-/m0/s1. The number of aryl methyl sites for hydroxylation is 1. The SMILES string of the molecule is Cc1cc(F)c(O)c([C@@H]2CCCN2)c1. The van der Waals surface area contributed by atoms with Gasteiger partial charge in [-0.3, -0.25) is 0 Å². The molecule has 0 aliphatic carbocycles. The lowest BCUT2D eigenvalue weighted by molar-refractivity contribution is 0.417. The molecule has 1 saturated heterocycles. The van der Waals surface area contributed by atoms with Crippen LogP contribution >= 0.6 is 0 Å². The summed E-state index contributed by atoms with van der Waals surface area (Å²) in [6, 6.07) is 3.32. The fraction of sp³-hybridized carbons (Fsp3) is 0.455. The van der Waals surface area contributed by atoms with Crippen molar-refractivity contribution in [3.8, 4) is 5.75 Å². The number of benzene rings is 1. The number of hydrogen-bond acceptors (Lipinski definition) is 2. The van der Waals surface area contributed by atoms with Gasteiger partial charge in [0.25, 0.3) is 0 Å². The number of halogens is 1. The molecule has 2 N–H and O–H groups in total. The highest BCUT2D eigenvalue weighted by atomic mass is 19.1. The predicted molar refractivity (Wildman–Crippen MR) is 52.8 cm³/mol. The first-order chi connectivity index (χ1) is 6.68. The highest BCUT2D eigenvalue weighted by Crippen LogP contribution is 2.32. The molecule has 0 spiro atoms. The molecule has 0 amide bonds. The summed E-state index contributed by atoms with van der Waals surface area (Å²) in [5, 5.41) is 12.8. The fourth-order valence-corrected chi connectivity index (χ4v) is 1.98. The van der Waals surface area contributed by atoms with Gasteiger partial charge in [0.05, 0.1) is 0 Å². The maximum Gasteiger partial charge on any atom is 0.165 e. The summed E-state index contributed by atoms with van der Waals surface area (Å²) in [7, 11) is 0. The summed E-state index contributed by atoms with van der Waals surface area (Å²) in [5.41, 5.74) is 1.55. The lowest BCUT2D eigenvalue weighted by Gasteiger charge is -2.13. The lowest BCUT2D eigenvalue weighted by atomic mass is 10.0. The summed E-state index contributed by atoms with van der Waals surface area (Å²) in [5.74, 6) is -0.719. The maximum atomic E-state index is 13.2. The van der Waals surface area contributed by atoms with Crippen molar-refractivity contribution in [1.82, 2.24) is 5.32 Å². The highest BCUT2D eigenvalue weighted by molar-refractivity contribution is 5.39. The number of phenolic OH excluding ortho intramolecular Hbond substituents is 1. The summed E-state index contributed by atoms with van der Waals surface area (Å²) >= 11 is 0. The minimum atomic E-state index is -0.520. The monoisotopic (exact) mass is 195 g/mol. The molecule has 0 bridgehead atoms. The van der Waals surface area contributed by atoms with Crippen molar-refractivity contribution in [1.29, 1.82) is 0 Å².